The topological polar surface area (TPSA) is 34.1 Å². The molecule has 0 bridgehead atoms. The molecule has 0 aromatic heterocycles. The van der Waals surface area contributed by atoms with E-state index in [1.165, 1.54) is 38.3 Å². The predicted molar refractivity (Wildman–Crippen MR) is 211 cm³/mol. The quantitative estimate of drug-likeness (QED) is 0.154. The van der Waals surface area contributed by atoms with Crippen molar-refractivity contribution in [2.75, 3.05) is 0 Å². The molecule has 6 aromatic carbocycles. The molecule has 0 amide bonds. The number of thioether (sulfide) groups is 1. The summed E-state index contributed by atoms with van der Waals surface area (Å²) < 4.78 is 27.0. The molecule has 6 aromatic rings. The van der Waals surface area contributed by atoms with Gasteiger partial charge in [-0.2, -0.15) is 0 Å². The van der Waals surface area contributed by atoms with Gasteiger partial charge < -0.3 is 0 Å². The zero-order valence-corrected chi connectivity index (χ0v) is 31.8. The minimum absolute atomic E-state index is 0.0389. The van der Waals surface area contributed by atoms with Gasteiger partial charge in [-0.3, -0.25) is 0 Å². The van der Waals surface area contributed by atoms with Crippen LogP contribution in [0.25, 0.3) is 11.1 Å². The Kier molecular flexibility index (Phi) is 8.91. The van der Waals surface area contributed by atoms with Gasteiger partial charge in [-0.15, -0.1) is 11.8 Å². The molecule has 7 rings (SSSR count). The summed E-state index contributed by atoms with van der Waals surface area (Å²) in [5, 5.41) is 0. The maximum absolute atomic E-state index is 13.4. The Morgan fingerprint density at radius 3 is 1.32 bits per heavy atom. The van der Waals surface area contributed by atoms with Crippen molar-refractivity contribution in [3.63, 3.8) is 0 Å². The summed E-state index contributed by atoms with van der Waals surface area (Å²) in [7, 11) is -3.61. The SMILES string of the molecule is CC(C)(C)Sc1ccc(C2(c3ccc(Sc4ccc(S(=O)(=O)c5ccc(C(C)(C)C)cc5)cc4)cc3)c3ccccc3-c3ccccc32)cc1. The van der Waals surface area contributed by atoms with Crippen molar-refractivity contribution in [1.29, 1.82) is 0 Å². The van der Waals surface area contributed by atoms with Crippen molar-refractivity contribution in [3.8, 4) is 11.1 Å². The molecule has 0 spiro atoms. The van der Waals surface area contributed by atoms with Crippen molar-refractivity contribution in [2.45, 2.75) is 81.6 Å². The lowest BCUT2D eigenvalue weighted by molar-refractivity contribution is 0.586. The van der Waals surface area contributed by atoms with Gasteiger partial charge in [-0.05, 0) is 105 Å². The molecular weight excluding hydrogens is 669 g/mol. The molecule has 0 N–H and O–H groups in total. The van der Waals surface area contributed by atoms with Crippen molar-refractivity contribution in [1.82, 2.24) is 0 Å². The summed E-state index contributed by atoms with van der Waals surface area (Å²) in [4.78, 5) is 3.95. The summed E-state index contributed by atoms with van der Waals surface area (Å²) in [6.45, 7) is 13.1. The Bertz CT molecular complexity index is 2210. The Morgan fingerprint density at radius 1 is 0.480 bits per heavy atom. The fourth-order valence-electron chi connectivity index (χ4n) is 7.02. The molecular formula is C45H42O2S3. The van der Waals surface area contributed by atoms with Gasteiger partial charge in [0, 0.05) is 19.4 Å². The zero-order valence-electron chi connectivity index (χ0n) is 29.4. The van der Waals surface area contributed by atoms with Crippen LogP contribution in [-0.4, -0.2) is 13.2 Å². The summed E-state index contributed by atoms with van der Waals surface area (Å²) in [5.74, 6) is 0. The van der Waals surface area contributed by atoms with E-state index >= 15 is 0 Å². The van der Waals surface area contributed by atoms with Crippen LogP contribution < -0.4 is 0 Å². The highest BCUT2D eigenvalue weighted by Crippen LogP contribution is 2.56. The number of benzene rings is 6. The third kappa shape index (κ3) is 6.36. The highest BCUT2D eigenvalue weighted by molar-refractivity contribution is 8.00. The van der Waals surface area contributed by atoms with Crippen LogP contribution in [-0.2, 0) is 20.7 Å². The van der Waals surface area contributed by atoms with Crippen LogP contribution in [0, 0.1) is 0 Å². The maximum atomic E-state index is 13.4. The molecule has 0 fully saturated rings. The van der Waals surface area contributed by atoms with E-state index in [9.17, 15) is 8.42 Å². The molecule has 0 atom stereocenters. The Morgan fingerprint density at radius 2 is 0.880 bits per heavy atom. The van der Waals surface area contributed by atoms with Gasteiger partial charge in [0.15, 0.2) is 0 Å². The van der Waals surface area contributed by atoms with Crippen LogP contribution in [0.5, 0.6) is 0 Å². The molecule has 0 aliphatic heterocycles. The first-order chi connectivity index (χ1) is 23.8. The minimum atomic E-state index is -3.61. The van der Waals surface area contributed by atoms with Crippen molar-refractivity contribution in [3.05, 3.63) is 173 Å². The Hall–Kier alpha value is -4.03. The number of hydrogen-bond donors (Lipinski definition) is 0. The number of sulfone groups is 1. The van der Waals surface area contributed by atoms with Gasteiger partial charge in [-0.1, -0.05) is 138 Å². The van der Waals surface area contributed by atoms with Crippen LogP contribution in [0.1, 0.15) is 69.4 Å². The fourth-order valence-corrected chi connectivity index (χ4v) is 10.1. The Balaban J connectivity index is 1.21. The van der Waals surface area contributed by atoms with Crippen molar-refractivity contribution in [2.24, 2.45) is 0 Å². The van der Waals surface area contributed by atoms with Gasteiger partial charge in [0.25, 0.3) is 0 Å². The van der Waals surface area contributed by atoms with E-state index in [1.807, 2.05) is 36.0 Å². The molecule has 0 saturated carbocycles. The molecule has 5 heteroatoms. The number of hydrogen-bond acceptors (Lipinski definition) is 4. The fraction of sp³-hybridized carbons (Fsp3) is 0.200. The normalized spacial score (nSPS) is 13.9. The molecule has 0 saturated heterocycles. The average Bonchev–Trinajstić information content (AvgIpc) is 3.39. The third-order valence-electron chi connectivity index (χ3n) is 9.35. The van der Waals surface area contributed by atoms with E-state index in [0.29, 0.717) is 9.79 Å². The second-order valence-electron chi connectivity index (χ2n) is 15.0. The van der Waals surface area contributed by atoms with Crippen LogP contribution >= 0.6 is 23.5 Å². The van der Waals surface area contributed by atoms with Crippen LogP contribution in [0.3, 0.4) is 0 Å². The monoisotopic (exact) mass is 710 g/mol. The van der Waals surface area contributed by atoms with E-state index in [4.69, 9.17) is 0 Å². The zero-order chi connectivity index (χ0) is 35.3. The highest BCUT2D eigenvalue weighted by atomic mass is 32.2. The summed E-state index contributed by atoms with van der Waals surface area (Å²) >= 11 is 3.52. The van der Waals surface area contributed by atoms with E-state index in [2.05, 4.69) is 139 Å². The maximum Gasteiger partial charge on any atom is 0.206 e. The van der Waals surface area contributed by atoms with E-state index in [0.717, 1.165) is 15.4 Å². The lowest BCUT2D eigenvalue weighted by atomic mass is 9.68. The lowest BCUT2D eigenvalue weighted by Gasteiger charge is -2.34. The number of rotatable bonds is 7. The van der Waals surface area contributed by atoms with Crippen molar-refractivity contribution >= 4 is 33.4 Å². The molecule has 1 aliphatic rings. The predicted octanol–water partition coefficient (Wildman–Crippen LogP) is 12.2. The highest BCUT2D eigenvalue weighted by Gasteiger charge is 2.45. The molecule has 50 heavy (non-hydrogen) atoms. The van der Waals surface area contributed by atoms with E-state index in [1.54, 1.807) is 36.0 Å². The average molecular weight is 711 g/mol. The molecule has 2 nitrogen and oxygen atoms in total. The van der Waals surface area contributed by atoms with Crippen LogP contribution in [0.2, 0.25) is 0 Å². The van der Waals surface area contributed by atoms with Gasteiger partial charge >= 0.3 is 0 Å². The van der Waals surface area contributed by atoms with Gasteiger partial charge in [0.05, 0.1) is 15.2 Å². The summed E-state index contributed by atoms with van der Waals surface area (Å²) in [6, 6.07) is 50.2. The van der Waals surface area contributed by atoms with Crippen LogP contribution in [0.4, 0.5) is 0 Å². The van der Waals surface area contributed by atoms with E-state index < -0.39 is 15.3 Å². The largest absolute Gasteiger partial charge is 0.219 e. The molecule has 1 aliphatic carbocycles. The first-order valence-corrected chi connectivity index (χ1v) is 20.1. The van der Waals surface area contributed by atoms with Gasteiger partial charge in [-0.25, -0.2) is 8.42 Å². The summed E-state index contributed by atoms with van der Waals surface area (Å²) in [5.41, 5.74) is 8.21. The standard InChI is InChI=1S/C45H42O2S3/c1-43(2,3)31-19-27-37(28-20-31)50(46,47)38-29-25-35(26-30-38)48-34-21-15-32(16-22-34)45(33-17-23-36(24-18-33)49-44(4,5)6)41-13-9-7-11-39(41)40-12-8-10-14-42(40)45/h7-30H,1-6H3. The van der Waals surface area contributed by atoms with Crippen molar-refractivity contribution < 1.29 is 8.42 Å². The molecule has 0 heterocycles. The third-order valence-corrected chi connectivity index (χ3v) is 13.3. The van der Waals surface area contributed by atoms with Gasteiger partial charge in [0.2, 0.25) is 9.84 Å². The second kappa shape index (κ2) is 12.9. The van der Waals surface area contributed by atoms with Crippen LogP contribution in [0.15, 0.2) is 170 Å². The van der Waals surface area contributed by atoms with Gasteiger partial charge in [0.1, 0.15) is 0 Å². The first-order valence-electron chi connectivity index (χ1n) is 17.0. The first kappa shape index (κ1) is 34.4. The number of fused-ring (bicyclic) bond motifs is 3. The Labute approximate surface area is 306 Å². The molecule has 0 radical (unpaired) electrons. The minimum Gasteiger partial charge on any atom is -0.219 e. The second-order valence-corrected chi connectivity index (χ2v) is 20.0. The molecule has 0 unspecified atom stereocenters. The molecule has 252 valence electrons. The van der Waals surface area contributed by atoms with E-state index in [-0.39, 0.29) is 10.2 Å². The summed E-state index contributed by atoms with van der Waals surface area (Å²) in [6.07, 6.45) is 0. The smallest absolute Gasteiger partial charge is 0.206 e. The lowest BCUT2D eigenvalue weighted by Crippen LogP contribution is -2.28.